The molecule has 3 aliphatic rings. The average molecular weight is 1390 g/mol. The number of carbonyl (C=O) groups is 3. The van der Waals surface area contributed by atoms with Crippen LogP contribution >= 0.6 is 7.82 Å². The molecule has 2 heterocycles. The molecule has 3 rings (SSSR count). The van der Waals surface area contributed by atoms with E-state index in [-0.39, 0.29) is 19.3 Å². The molecular formula is C70H129O24P. The molecule has 0 spiro atoms. The van der Waals surface area contributed by atoms with Crippen LogP contribution < -0.4 is 0 Å². The third-order valence-electron chi connectivity index (χ3n) is 18.3. The molecule has 0 aromatic heterocycles. The quantitative estimate of drug-likeness (QED) is 0.00887. The van der Waals surface area contributed by atoms with Gasteiger partial charge in [-0.25, -0.2) is 4.57 Å². The molecule has 0 radical (unpaired) electrons. The number of unbranched alkanes of at least 4 members (excludes halogenated alkanes) is 34. The van der Waals surface area contributed by atoms with Gasteiger partial charge >= 0.3 is 25.7 Å². The number of phosphoric ester groups is 1. The normalized spacial score (nSPS) is 28.1. The molecule has 0 aromatic carbocycles. The lowest BCUT2D eigenvalue weighted by Gasteiger charge is -2.49. The topological polar surface area (TPSA) is 374 Å². The summed E-state index contributed by atoms with van der Waals surface area (Å²) in [4.78, 5) is 50.9. The zero-order chi connectivity index (χ0) is 69.6. The summed E-state index contributed by atoms with van der Waals surface area (Å²) in [6.45, 7) is 3.42. The molecule has 25 heteroatoms. The van der Waals surface area contributed by atoms with Gasteiger partial charge < -0.3 is 89.1 Å². The summed E-state index contributed by atoms with van der Waals surface area (Å²) in [5.74, 6) is -2.00. The van der Waals surface area contributed by atoms with Crippen LogP contribution in [0.1, 0.15) is 284 Å². The molecule has 24 nitrogen and oxygen atoms in total. The number of aliphatic hydroxyl groups excluding tert-OH is 10. The van der Waals surface area contributed by atoms with Gasteiger partial charge in [-0.05, 0) is 44.9 Å². The second-order valence-electron chi connectivity index (χ2n) is 26.7. The Balaban J connectivity index is 1.75. The molecule has 2 aliphatic heterocycles. The van der Waals surface area contributed by atoms with Crippen LogP contribution in [0.3, 0.4) is 0 Å². The van der Waals surface area contributed by atoms with Gasteiger partial charge in [0, 0.05) is 19.3 Å². The van der Waals surface area contributed by atoms with E-state index in [2.05, 4.69) is 32.9 Å². The lowest BCUT2D eigenvalue weighted by atomic mass is 9.84. The summed E-state index contributed by atoms with van der Waals surface area (Å²) in [6.07, 6.45) is 10.1. The van der Waals surface area contributed by atoms with Crippen molar-refractivity contribution < 1.29 is 117 Å². The van der Waals surface area contributed by atoms with E-state index < -0.39 is 156 Å². The van der Waals surface area contributed by atoms with Crippen molar-refractivity contribution in [3.05, 3.63) is 12.2 Å². The molecule has 18 atom stereocenters. The van der Waals surface area contributed by atoms with Crippen LogP contribution in [0.4, 0.5) is 0 Å². The maximum absolute atomic E-state index is 14.3. The van der Waals surface area contributed by atoms with E-state index in [0.29, 0.717) is 19.3 Å². The van der Waals surface area contributed by atoms with Gasteiger partial charge in [0.25, 0.3) is 0 Å². The van der Waals surface area contributed by atoms with Gasteiger partial charge in [0.1, 0.15) is 98.7 Å². The Morgan fingerprint density at radius 3 is 1.15 bits per heavy atom. The molecule has 1 saturated carbocycles. The summed E-state index contributed by atoms with van der Waals surface area (Å²) >= 11 is 0. The fraction of sp³-hybridized carbons (Fsp3) is 0.929. The summed E-state index contributed by atoms with van der Waals surface area (Å²) in [6, 6.07) is 0. The molecule has 0 bridgehead atoms. The lowest BCUT2D eigenvalue weighted by Crippen LogP contribution is -2.69. The van der Waals surface area contributed by atoms with Gasteiger partial charge in [0.2, 0.25) is 0 Å². The first kappa shape index (κ1) is 86.9. The molecule has 18 unspecified atom stereocenters. The minimum atomic E-state index is -5.69. The van der Waals surface area contributed by atoms with Crippen molar-refractivity contribution in [2.45, 2.75) is 388 Å². The molecule has 11 N–H and O–H groups in total. The van der Waals surface area contributed by atoms with Crippen LogP contribution in [0.2, 0.25) is 0 Å². The van der Waals surface area contributed by atoms with E-state index in [1.54, 1.807) is 0 Å². The number of hydrogen-bond acceptors (Lipinski definition) is 23. The minimum Gasteiger partial charge on any atom is -0.463 e. The van der Waals surface area contributed by atoms with Gasteiger partial charge in [0.05, 0.1) is 13.2 Å². The Bertz CT molecular complexity index is 2020. The second kappa shape index (κ2) is 52.6. The third kappa shape index (κ3) is 36.2. The van der Waals surface area contributed by atoms with E-state index in [9.17, 15) is 74.9 Å². The second-order valence-corrected chi connectivity index (χ2v) is 28.1. The summed E-state index contributed by atoms with van der Waals surface area (Å²) < 4.78 is 64.9. The van der Waals surface area contributed by atoms with E-state index in [1.807, 2.05) is 0 Å². The number of esters is 3. The number of rotatable bonds is 57. The van der Waals surface area contributed by atoms with Crippen molar-refractivity contribution in [1.29, 1.82) is 0 Å². The molecule has 0 aromatic rings. The highest BCUT2D eigenvalue weighted by Gasteiger charge is 2.58. The number of ether oxygens (including phenoxy) is 7. The monoisotopic (exact) mass is 1380 g/mol. The Hall–Kier alpha value is -2.30. The Morgan fingerprint density at radius 2 is 0.737 bits per heavy atom. The lowest BCUT2D eigenvalue weighted by molar-refractivity contribution is -0.360. The number of carbonyl (C=O) groups excluding carboxylic acids is 3. The summed E-state index contributed by atoms with van der Waals surface area (Å²) in [5.41, 5.74) is 0. The Morgan fingerprint density at radius 1 is 0.400 bits per heavy atom. The zero-order valence-corrected chi connectivity index (χ0v) is 58.9. The van der Waals surface area contributed by atoms with Gasteiger partial charge in [0.15, 0.2) is 18.7 Å². The highest BCUT2D eigenvalue weighted by atomic mass is 31.2. The molecule has 3 fully saturated rings. The Labute approximate surface area is 567 Å². The SMILES string of the molecule is CCCCCCCCC/C=C\CCCCCC(=O)OCC(COP(=O)(O)OC1C(OC2OC(CO)C(O)C(O)C2O)C(O)C(O)C(O)C1OC1OC(COC(=O)CCCCCCCCCCCCCCC)C(O)C(O)C1O)OC(=O)CCCCCCCCCCCCCCC. The van der Waals surface area contributed by atoms with Crippen molar-refractivity contribution in [1.82, 2.24) is 0 Å². The van der Waals surface area contributed by atoms with Crippen molar-refractivity contribution in [2.24, 2.45) is 0 Å². The van der Waals surface area contributed by atoms with Gasteiger partial charge in [-0.3, -0.25) is 23.4 Å². The predicted molar refractivity (Wildman–Crippen MR) is 356 cm³/mol. The van der Waals surface area contributed by atoms with Crippen LogP contribution in [-0.4, -0.2) is 204 Å². The summed E-state index contributed by atoms with van der Waals surface area (Å²) in [5, 5.41) is 110. The Kier molecular flexibility index (Phi) is 48.2. The van der Waals surface area contributed by atoms with Gasteiger partial charge in [-0.1, -0.05) is 232 Å². The zero-order valence-electron chi connectivity index (χ0n) is 58.0. The molecule has 0 amide bonds. The largest absolute Gasteiger partial charge is 0.472 e. The molecular weight excluding hydrogens is 1260 g/mol. The maximum Gasteiger partial charge on any atom is 0.472 e. The highest BCUT2D eigenvalue weighted by molar-refractivity contribution is 7.47. The standard InChI is InChI=1S/C70H129O24P/c1-4-7-10-13-16-19-22-25-28-30-32-35-38-41-44-54(72)86-48-51(89-56(74)46-43-40-37-34-31-27-24-21-18-15-12-9-6-3)49-88-95(84,85)94-68-66(92-69-64(82)59(77)57(75)52(47-71)90-69)62(80)61(79)63(81)67(68)93-70-65(83)60(78)58(76)53(91-70)50-87-55(73)45-42-39-36-33-29-26-23-20-17-14-11-8-5-2/h28,30,51-53,57-71,75-83H,4-27,29,31-50H2,1-3H3,(H,84,85)/b30-28-. The van der Waals surface area contributed by atoms with Crippen molar-refractivity contribution in [3.8, 4) is 0 Å². The van der Waals surface area contributed by atoms with E-state index in [1.165, 1.54) is 128 Å². The van der Waals surface area contributed by atoms with E-state index in [4.69, 9.17) is 42.2 Å². The summed E-state index contributed by atoms with van der Waals surface area (Å²) in [7, 11) is -5.69. The maximum atomic E-state index is 14.3. The van der Waals surface area contributed by atoms with Crippen molar-refractivity contribution in [3.63, 3.8) is 0 Å². The predicted octanol–water partition coefficient (Wildman–Crippen LogP) is 9.57. The van der Waals surface area contributed by atoms with Gasteiger partial charge in [-0.2, -0.15) is 0 Å². The van der Waals surface area contributed by atoms with Crippen LogP contribution in [0.5, 0.6) is 0 Å². The number of phosphoric acid groups is 1. The molecule has 558 valence electrons. The van der Waals surface area contributed by atoms with Crippen molar-refractivity contribution >= 4 is 25.7 Å². The van der Waals surface area contributed by atoms with E-state index in [0.717, 1.165) is 96.3 Å². The van der Waals surface area contributed by atoms with Crippen LogP contribution in [-0.2, 0) is 61.2 Å². The third-order valence-corrected chi connectivity index (χ3v) is 19.3. The van der Waals surface area contributed by atoms with Crippen LogP contribution in [0.15, 0.2) is 12.2 Å². The fourth-order valence-electron chi connectivity index (χ4n) is 12.2. The molecule has 1 aliphatic carbocycles. The average Bonchev–Trinajstić information content (AvgIpc) is 0.770. The van der Waals surface area contributed by atoms with Gasteiger partial charge in [-0.15, -0.1) is 0 Å². The molecule has 2 saturated heterocycles. The van der Waals surface area contributed by atoms with Crippen molar-refractivity contribution in [2.75, 3.05) is 26.4 Å². The first-order valence-corrected chi connectivity index (χ1v) is 38.5. The first-order chi connectivity index (χ1) is 45.8. The van der Waals surface area contributed by atoms with E-state index >= 15 is 0 Å². The number of allylic oxidation sites excluding steroid dienone is 2. The molecule has 95 heavy (non-hydrogen) atoms. The fourth-order valence-corrected chi connectivity index (χ4v) is 13.2. The smallest absolute Gasteiger partial charge is 0.463 e. The number of aliphatic hydroxyl groups is 10. The van der Waals surface area contributed by atoms with Crippen LogP contribution in [0, 0.1) is 0 Å². The number of hydrogen-bond donors (Lipinski definition) is 11. The first-order valence-electron chi connectivity index (χ1n) is 37.0. The minimum absolute atomic E-state index is 0.0278. The highest BCUT2D eigenvalue weighted by Crippen LogP contribution is 2.49. The van der Waals surface area contributed by atoms with Crippen LogP contribution in [0.25, 0.3) is 0 Å².